The molecule has 2 rings (SSSR count). The van der Waals surface area contributed by atoms with E-state index < -0.39 is 0 Å². The van der Waals surface area contributed by atoms with Gasteiger partial charge in [-0.05, 0) is 43.6 Å². The van der Waals surface area contributed by atoms with Gasteiger partial charge in [0.25, 0.3) is 0 Å². The van der Waals surface area contributed by atoms with Crippen molar-refractivity contribution < 1.29 is 9.53 Å². The lowest BCUT2D eigenvalue weighted by molar-refractivity contribution is -0.119. The maximum absolute atomic E-state index is 11.2. The molecule has 0 aliphatic carbocycles. The fraction of sp³-hybridized carbons (Fsp3) is 0.619. The number of unbranched alkanes of at least 4 members (excludes halogenated alkanes) is 1. The third kappa shape index (κ3) is 8.43. The summed E-state index contributed by atoms with van der Waals surface area (Å²) in [4.78, 5) is 17.8. The number of guanidine groups is 1. The summed E-state index contributed by atoms with van der Waals surface area (Å²) in [5.41, 5.74) is 6.66. The van der Waals surface area contributed by atoms with E-state index in [-0.39, 0.29) is 5.91 Å². The van der Waals surface area contributed by atoms with E-state index in [4.69, 9.17) is 10.5 Å². The number of primary amides is 1. The summed E-state index contributed by atoms with van der Waals surface area (Å²) in [7, 11) is 1.81. The van der Waals surface area contributed by atoms with Gasteiger partial charge in [0.15, 0.2) is 5.96 Å². The molecule has 1 saturated heterocycles. The summed E-state index contributed by atoms with van der Waals surface area (Å²) in [6.07, 6.45) is 5.65. The van der Waals surface area contributed by atoms with Crippen LogP contribution in [0.5, 0.6) is 0 Å². The zero-order valence-corrected chi connectivity index (χ0v) is 16.5. The summed E-state index contributed by atoms with van der Waals surface area (Å²) >= 11 is 0. The number of likely N-dealkylation sites (tertiary alicyclic amines) is 1. The molecule has 150 valence electrons. The van der Waals surface area contributed by atoms with Crippen LogP contribution in [0.1, 0.15) is 37.7 Å². The molecule has 0 aromatic heterocycles. The Morgan fingerprint density at radius 2 is 2.11 bits per heavy atom. The number of ether oxygens (including phenoxy) is 1. The molecule has 0 bridgehead atoms. The largest absolute Gasteiger partial charge is 0.381 e. The van der Waals surface area contributed by atoms with E-state index in [1.807, 2.05) is 13.1 Å². The van der Waals surface area contributed by atoms with Crippen molar-refractivity contribution in [3.8, 4) is 0 Å². The molecule has 1 amide bonds. The van der Waals surface area contributed by atoms with Gasteiger partial charge in [0.1, 0.15) is 0 Å². The predicted octanol–water partition coefficient (Wildman–Crippen LogP) is 2.19. The molecule has 1 unspecified atom stereocenters. The molecule has 6 nitrogen and oxygen atoms in total. The standard InChI is InChI=1S/C21H34N4O2/c1-23-21(25-13-7-10-19(17-25)16-20(22)26)24-12-5-6-14-27-15-11-18-8-3-2-4-9-18/h2-4,8-9,19H,5-7,10-17H2,1H3,(H2,22,26)(H,23,24). The number of piperidine rings is 1. The summed E-state index contributed by atoms with van der Waals surface area (Å²) in [5, 5.41) is 3.43. The van der Waals surface area contributed by atoms with Crippen LogP contribution in [0, 0.1) is 5.92 Å². The Hall–Kier alpha value is -2.08. The second-order valence-electron chi connectivity index (χ2n) is 7.15. The summed E-state index contributed by atoms with van der Waals surface area (Å²) in [5.74, 6) is 1.05. The van der Waals surface area contributed by atoms with Crippen LogP contribution in [0.15, 0.2) is 35.3 Å². The van der Waals surface area contributed by atoms with Gasteiger partial charge in [-0.1, -0.05) is 30.3 Å². The molecule has 1 aliphatic heterocycles. The molecule has 1 aliphatic rings. The average Bonchev–Trinajstić information content (AvgIpc) is 2.67. The van der Waals surface area contributed by atoms with Gasteiger partial charge in [-0.2, -0.15) is 0 Å². The van der Waals surface area contributed by atoms with Crippen molar-refractivity contribution in [1.29, 1.82) is 0 Å². The Balaban J connectivity index is 1.55. The number of nitrogens with one attached hydrogen (secondary N) is 1. The molecule has 0 radical (unpaired) electrons. The number of aliphatic imine (C=N–C) groups is 1. The molecular formula is C21H34N4O2. The maximum Gasteiger partial charge on any atom is 0.217 e. The van der Waals surface area contributed by atoms with Crippen LogP contribution in [0.4, 0.5) is 0 Å². The van der Waals surface area contributed by atoms with Crippen molar-refractivity contribution in [3.63, 3.8) is 0 Å². The van der Waals surface area contributed by atoms with Crippen LogP contribution in [-0.4, -0.2) is 56.7 Å². The first-order chi connectivity index (χ1) is 13.2. The number of nitrogens with two attached hydrogens (primary N) is 1. The van der Waals surface area contributed by atoms with E-state index in [1.54, 1.807) is 0 Å². The van der Waals surface area contributed by atoms with Crippen molar-refractivity contribution in [2.24, 2.45) is 16.6 Å². The molecule has 0 spiro atoms. The van der Waals surface area contributed by atoms with Gasteiger partial charge in [0.2, 0.25) is 5.91 Å². The summed E-state index contributed by atoms with van der Waals surface area (Å²) in [6.45, 7) is 4.28. The quantitative estimate of drug-likeness (QED) is 0.374. The van der Waals surface area contributed by atoms with Gasteiger partial charge in [-0.25, -0.2) is 0 Å². The van der Waals surface area contributed by atoms with Crippen molar-refractivity contribution in [2.75, 3.05) is 39.9 Å². The molecule has 27 heavy (non-hydrogen) atoms. The Kier molecular flexibility index (Phi) is 9.69. The minimum absolute atomic E-state index is 0.211. The average molecular weight is 375 g/mol. The topological polar surface area (TPSA) is 80.0 Å². The third-order valence-corrected chi connectivity index (χ3v) is 4.90. The van der Waals surface area contributed by atoms with E-state index in [0.29, 0.717) is 12.3 Å². The number of hydrogen-bond donors (Lipinski definition) is 2. The molecule has 1 aromatic rings. The van der Waals surface area contributed by atoms with E-state index >= 15 is 0 Å². The van der Waals surface area contributed by atoms with Crippen molar-refractivity contribution in [2.45, 2.75) is 38.5 Å². The van der Waals surface area contributed by atoms with Gasteiger partial charge in [0, 0.05) is 39.7 Å². The molecule has 0 saturated carbocycles. The molecule has 1 fully saturated rings. The molecule has 1 heterocycles. The Morgan fingerprint density at radius 1 is 1.30 bits per heavy atom. The number of nitrogens with zero attached hydrogens (tertiary/aromatic N) is 2. The highest BCUT2D eigenvalue weighted by Gasteiger charge is 2.23. The summed E-state index contributed by atoms with van der Waals surface area (Å²) < 4.78 is 5.73. The SMILES string of the molecule is CN=C(NCCCCOCCc1ccccc1)N1CCCC(CC(N)=O)C1. The monoisotopic (exact) mass is 374 g/mol. The number of carbonyl (C=O) groups excluding carboxylic acids is 1. The maximum atomic E-state index is 11.2. The van der Waals surface area contributed by atoms with Crippen LogP contribution in [0.2, 0.25) is 0 Å². The highest BCUT2D eigenvalue weighted by molar-refractivity contribution is 5.80. The minimum atomic E-state index is -0.211. The molecule has 6 heteroatoms. The Bertz CT molecular complexity index is 577. The normalized spacial score (nSPS) is 17.7. The number of benzene rings is 1. The number of hydrogen-bond acceptors (Lipinski definition) is 3. The molecule has 1 atom stereocenters. The van der Waals surface area contributed by atoms with Crippen LogP contribution in [-0.2, 0) is 16.0 Å². The number of amides is 1. The van der Waals surface area contributed by atoms with Gasteiger partial charge < -0.3 is 20.7 Å². The molecule has 1 aromatic carbocycles. The van der Waals surface area contributed by atoms with Crippen molar-refractivity contribution >= 4 is 11.9 Å². The first kappa shape index (κ1) is 21.2. The second-order valence-corrected chi connectivity index (χ2v) is 7.15. The Labute approximate surface area is 163 Å². The van der Waals surface area contributed by atoms with Crippen LogP contribution >= 0.6 is 0 Å². The van der Waals surface area contributed by atoms with E-state index in [9.17, 15) is 4.79 Å². The smallest absolute Gasteiger partial charge is 0.217 e. The van der Waals surface area contributed by atoms with Gasteiger partial charge >= 0.3 is 0 Å². The van der Waals surface area contributed by atoms with Gasteiger partial charge in [-0.15, -0.1) is 0 Å². The summed E-state index contributed by atoms with van der Waals surface area (Å²) in [6, 6.07) is 10.4. The van der Waals surface area contributed by atoms with Crippen molar-refractivity contribution in [1.82, 2.24) is 10.2 Å². The zero-order valence-electron chi connectivity index (χ0n) is 16.5. The highest BCUT2D eigenvalue weighted by atomic mass is 16.5. The Morgan fingerprint density at radius 3 is 2.85 bits per heavy atom. The first-order valence-corrected chi connectivity index (χ1v) is 10.0. The predicted molar refractivity (Wildman–Crippen MR) is 110 cm³/mol. The third-order valence-electron chi connectivity index (χ3n) is 4.90. The van der Waals surface area contributed by atoms with E-state index in [1.165, 1.54) is 5.56 Å². The lowest BCUT2D eigenvalue weighted by atomic mass is 9.95. The van der Waals surface area contributed by atoms with Crippen LogP contribution in [0.3, 0.4) is 0 Å². The van der Waals surface area contributed by atoms with Crippen LogP contribution < -0.4 is 11.1 Å². The first-order valence-electron chi connectivity index (χ1n) is 10.0. The number of carbonyl (C=O) groups is 1. The number of rotatable bonds is 10. The lowest BCUT2D eigenvalue weighted by Crippen LogP contribution is -2.47. The zero-order chi connectivity index (χ0) is 19.3. The molecular weight excluding hydrogens is 340 g/mol. The van der Waals surface area contributed by atoms with Gasteiger partial charge in [-0.3, -0.25) is 9.79 Å². The van der Waals surface area contributed by atoms with Crippen molar-refractivity contribution in [3.05, 3.63) is 35.9 Å². The van der Waals surface area contributed by atoms with E-state index in [0.717, 1.165) is 70.9 Å². The fourth-order valence-electron chi connectivity index (χ4n) is 3.51. The van der Waals surface area contributed by atoms with Gasteiger partial charge in [0.05, 0.1) is 6.61 Å². The lowest BCUT2D eigenvalue weighted by Gasteiger charge is -2.34. The van der Waals surface area contributed by atoms with Crippen LogP contribution in [0.25, 0.3) is 0 Å². The van der Waals surface area contributed by atoms with E-state index in [2.05, 4.69) is 39.5 Å². The highest BCUT2D eigenvalue weighted by Crippen LogP contribution is 2.19. The minimum Gasteiger partial charge on any atom is -0.381 e. The molecule has 3 N–H and O–H groups in total. The second kappa shape index (κ2) is 12.3. The fourth-order valence-corrected chi connectivity index (χ4v) is 3.51.